The third kappa shape index (κ3) is 3.70. The van der Waals surface area contributed by atoms with Crippen LogP contribution >= 0.6 is 11.3 Å². The summed E-state index contributed by atoms with van der Waals surface area (Å²) >= 11 is 1.39. The van der Waals surface area contributed by atoms with Crippen molar-refractivity contribution >= 4 is 27.0 Å². The zero-order chi connectivity index (χ0) is 19.6. The second-order valence-corrected chi connectivity index (χ2v) is 8.97. The molecular formula is C20H15N3O2S2. The van der Waals surface area contributed by atoms with Crippen LogP contribution < -0.4 is 4.31 Å². The molecule has 1 heterocycles. The van der Waals surface area contributed by atoms with Gasteiger partial charge in [0.25, 0.3) is 0 Å². The molecular weight excluding hydrogens is 378 g/mol. The van der Waals surface area contributed by atoms with Gasteiger partial charge in [-0.05, 0) is 29.8 Å². The summed E-state index contributed by atoms with van der Waals surface area (Å²) in [6.07, 6.45) is 1.14. The van der Waals surface area contributed by atoms with Crippen LogP contribution in [0.3, 0.4) is 0 Å². The molecule has 2 aromatic carbocycles. The lowest BCUT2D eigenvalue weighted by Gasteiger charge is -2.17. The van der Waals surface area contributed by atoms with E-state index in [-0.39, 0.29) is 0 Å². The van der Waals surface area contributed by atoms with Crippen molar-refractivity contribution < 1.29 is 8.42 Å². The van der Waals surface area contributed by atoms with Gasteiger partial charge in [-0.2, -0.15) is 10.5 Å². The van der Waals surface area contributed by atoms with Gasteiger partial charge >= 0.3 is 0 Å². The monoisotopic (exact) mass is 393 g/mol. The van der Waals surface area contributed by atoms with Crippen molar-refractivity contribution in [2.45, 2.75) is 0 Å². The molecule has 0 aliphatic rings. The van der Waals surface area contributed by atoms with E-state index in [9.17, 15) is 18.9 Å². The summed E-state index contributed by atoms with van der Waals surface area (Å²) in [6, 6.07) is 20.3. The lowest BCUT2D eigenvalue weighted by Crippen LogP contribution is -2.24. The van der Waals surface area contributed by atoms with Gasteiger partial charge in [-0.3, -0.25) is 4.31 Å². The van der Waals surface area contributed by atoms with E-state index in [1.165, 1.54) is 22.7 Å². The first-order valence-electron chi connectivity index (χ1n) is 7.93. The van der Waals surface area contributed by atoms with Crippen molar-refractivity contribution in [2.24, 2.45) is 0 Å². The number of rotatable bonds is 4. The van der Waals surface area contributed by atoms with E-state index < -0.39 is 10.0 Å². The minimum atomic E-state index is -3.48. The van der Waals surface area contributed by atoms with Crippen LogP contribution in [-0.4, -0.2) is 21.7 Å². The summed E-state index contributed by atoms with van der Waals surface area (Å²) < 4.78 is 25.5. The van der Waals surface area contributed by atoms with Crippen LogP contribution in [0.1, 0.15) is 11.1 Å². The second-order valence-electron chi connectivity index (χ2n) is 5.91. The highest BCUT2D eigenvalue weighted by Crippen LogP contribution is 2.44. The smallest absolute Gasteiger partial charge is 0.232 e. The Morgan fingerprint density at radius 3 is 2.41 bits per heavy atom. The fraction of sp³-hybridized carbons (Fsp3) is 0.100. The molecule has 3 rings (SSSR count). The highest BCUT2D eigenvalue weighted by atomic mass is 32.2. The van der Waals surface area contributed by atoms with Crippen LogP contribution in [0, 0.1) is 22.7 Å². The van der Waals surface area contributed by atoms with Gasteiger partial charge in [0, 0.05) is 17.5 Å². The molecule has 7 heteroatoms. The van der Waals surface area contributed by atoms with Gasteiger partial charge in [0.2, 0.25) is 10.0 Å². The van der Waals surface area contributed by atoms with Gasteiger partial charge in [0.1, 0.15) is 0 Å². The summed E-state index contributed by atoms with van der Waals surface area (Å²) in [5.74, 6) is 0. The Balaban J connectivity index is 2.27. The number of sulfonamides is 1. The third-order valence-electron chi connectivity index (χ3n) is 4.12. The molecule has 1 aromatic heterocycles. The van der Waals surface area contributed by atoms with Crippen molar-refractivity contribution in [1.82, 2.24) is 0 Å². The first kappa shape index (κ1) is 18.7. The van der Waals surface area contributed by atoms with Gasteiger partial charge in [0.05, 0.1) is 40.1 Å². The summed E-state index contributed by atoms with van der Waals surface area (Å²) in [6.45, 7) is 0. The van der Waals surface area contributed by atoms with E-state index in [2.05, 4.69) is 12.1 Å². The van der Waals surface area contributed by atoms with Gasteiger partial charge < -0.3 is 0 Å². The van der Waals surface area contributed by atoms with E-state index in [1.54, 1.807) is 36.4 Å². The van der Waals surface area contributed by atoms with Gasteiger partial charge in [-0.1, -0.05) is 30.3 Å². The molecule has 27 heavy (non-hydrogen) atoms. The van der Waals surface area contributed by atoms with Crippen LogP contribution in [0.4, 0.5) is 5.69 Å². The Hall–Kier alpha value is -3.13. The van der Waals surface area contributed by atoms with Crippen molar-refractivity contribution in [3.8, 4) is 33.0 Å². The molecule has 134 valence electrons. The highest BCUT2D eigenvalue weighted by Gasteiger charge is 2.22. The molecule has 0 atom stereocenters. The van der Waals surface area contributed by atoms with E-state index in [0.717, 1.165) is 27.1 Å². The van der Waals surface area contributed by atoms with Crippen molar-refractivity contribution in [3.05, 3.63) is 65.7 Å². The molecule has 0 aliphatic heterocycles. The largest absolute Gasteiger partial charge is 0.272 e. The van der Waals surface area contributed by atoms with E-state index in [4.69, 9.17) is 0 Å². The molecule has 0 spiro atoms. The molecule has 0 bridgehead atoms. The predicted molar refractivity (Wildman–Crippen MR) is 108 cm³/mol. The van der Waals surface area contributed by atoms with Crippen molar-refractivity contribution in [2.75, 3.05) is 17.6 Å². The topological polar surface area (TPSA) is 85.0 Å². The first-order chi connectivity index (χ1) is 12.8. The quantitative estimate of drug-likeness (QED) is 0.664. The number of hydrogen-bond donors (Lipinski definition) is 0. The minimum Gasteiger partial charge on any atom is -0.272 e. The maximum absolute atomic E-state index is 12.1. The summed E-state index contributed by atoms with van der Waals surface area (Å²) in [4.78, 5) is 1.51. The highest BCUT2D eigenvalue weighted by molar-refractivity contribution is 7.92. The van der Waals surface area contributed by atoms with Crippen LogP contribution in [0.15, 0.2) is 54.6 Å². The normalized spacial score (nSPS) is 10.8. The minimum absolute atomic E-state index is 0.493. The Kier molecular flexibility index (Phi) is 5.00. The lowest BCUT2D eigenvalue weighted by atomic mass is 10.1. The Bertz CT molecular complexity index is 1200. The van der Waals surface area contributed by atoms with Crippen LogP contribution in [0.2, 0.25) is 0 Å². The predicted octanol–water partition coefficient (Wildman–Crippen LogP) is 4.22. The number of nitrogens with zero attached hydrogens (tertiary/aromatic N) is 3. The van der Waals surface area contributed by atoms with Crippen molar-refractivity contribution in [1.29, 1.82) is 10.5 Å². The Morgan fingerprint density at radius 2 is 1.74 bits per heavy atom. The number of anilines is 1. The molecule has 0 amide bonds. The average molecular weight is 393 g/mol. The van der Waals surface area contributed by atoms with Crippen LogP contribution in [0.25, 0.3) is 20.9 Å². The SMILES string of the molecule is CN(c1cc(-c2ccccc2C#N)sc1-c1cccc(C#N)c1)S(C)(=O)=O. The zero-order valence-electron chi connectivity index (χ0n) is 14.7. The standard InChI is InChI=1S/C20H15N3O2S2/c1-23(27(2,24)25)18-11-19(17-9-4-3-7-16(17)13-22)26-20(18)15-8-5-6-14(10-15)12-21/h3-11H,1-2H3. The third-order valence-corrected chi connectivity index (χ3v) is 6.51. The number of nitriles is 2. The molecule has 0 N–H and O–H groups in total. The van der Waals surface area contributed by atoms with Gasteiger partial charge in [-0.15, -0.1) is 11.3 Å². The number of hydrogen-bond acceptors (Lipinski definition) is 5. The van der Waals surface area contributed by atoms with Gasteiger partial charge in [0.15, 0.2) is 0 Å². The maximum atomic E-state index is 12.1. The van der Waals surface area contributed by atoms with E-state index in [1.807, 2.05) is 18.2 Å². The maximum Gasteiger partial charge on any atom is 0.232 e. The molecule has 0 saturated heterocycles. The Morgan fingerprint density at radius 1 is 1.00 bits per heavy atom. The Labute approximate surface area is 162 Å². The molecule has 0 saturated carbocycles. The summed E-state index contributed by atoms with van der Waals surface area (Å²) in [7, 11) is -1.98. The molecule has 0 unspecified atom stereocenters. The number of benzene rings is 2. The average Bonchev–Trinajstić information content (AvgIpc) is 3.11. The van der Waals surface area contributed by atoms with Crippen molar-refractivity contribution in [3.63, 3.8) is 0 Å². The molecule has 0 fully saturated rings. The second kappa shape index (κ2) is 7.24. The van der Waals surface area contributed by atoms with E-state index in [0.29, 0.717) is 16.8 Å². The molecule has 0 aliphatic carbocycles. The van der Waals surface area contributed by atoms with Gasteiger partial charge in [-0.25, -0.2) is 8.42 Å². The number of thiophene rings is 1. The first-order valence-corrected chi connectivity index (χ1v) is 10.6. The zero-order valence-corrected chi connectivity index (χ0v) is 16.3. The molecule has 3 aromatic rings. The molecule has 0 radical (unpaired) electrons. The fourth-order valence-electron chi connectivity index (χ4n) is 2.66. The fourth-order valence-corrected chi connectivity index (χ4v) is 4.44. The summed E-state index contributed by atoms with van der Waals surface area (Å²) in [5, 5.41) is 18.6. The lowest BCUT2D eigenvalue weighted by molar-refractivity contribution is 0.600. The van der Waals surface area contributed by atoms with Crippen LogP contribution in [-0.2, 0) is 10.0 Å². The van der Waals surface area contributed by atoms with Crippen LogP contribution in [0.5, 0.6) is 0 Å². The van der Waals surface area contributed by atoms with E-state index >= 15 is 0 Å². The summed E-state index contributed by atoms with van der Waals surface area (Å²) in [5.41, 5.74) is 3.03. The molecule has 5 nitrogen and oxygen atoms in total.